The molecule has 0 amide bonds. The van der Waals surface area contributed by atoms with Crippen LogP contribution in [0.5, 0.6) is 0 Å². The van der Waals surface area contributed by atoms with Crippen molar-refractivity contribution in [1.29, 1.82) is 0 Å². The molecular formula is C12H22O2. The van der Waals surface area contributed by atoms with E-state index in [1.165, 1.54) is 5.57 Å². The van der Waals surface area contributed by atoms with E-state index in [4.69, 9.17) is 9.47 Å². The van der Waals surface area contributed by atoms with Gasteiger partial charge in [0.1, 0.15) is 0 Å². The summed E-state index contributed by atoms with van der Waals surface area (Å²) in [6.45, 7) is 13.2. The predicted molar refractivity (Wildman–Crippen MR) is 60.2 cm³/mol. The summed E-state index contributed by atoms with van der Waals surface area (Å²) in [6, 6.07) is 0. The maximum Gasteiger partial charge on any atom is 0.161 e. The van der Waals surface area contributed by atoms with Gasteiger partial charge in [0.2, 0.25) is 0 Å². The molecule has 2 nitrogen and oxygen atoms in total. The molecule has 0 radical (unpaired) electrons. The molecule has 0 heterocycles. The Bertz CT molecular complexity index is 190. The van der Waals surface area contributed by atoms with E-state index in [-0.39, 0.29) is 6.29 Å². The van der Waals surface area contributed by atoms with E-state index < -0.39 is 0 Å². The van der Waals surface area contributed by atoms with Gasteiger partial charge in [0.15, 0.2) is 6.29 Å². The van der Waals surface area contributed by atoms with Crippen molar-refractivity contribution < 1.29 is 9.47 Å². The van der Waals surface area contributed by atoms with Gasteiger partial charge in [0, 0.05) is 13.0 Å². The second kappa shape index (κ2) is 7.77. The lowest BCUT2D eigenvalue weighted by atomic mass is 10.2. The molecule has 0 aliphatic heterocycles. The lowest BCUT2D eigenvalue weighted by molar-refractivity contribution is -0.130. The molecule has 1 atom stereocenters. The van der Waals surface area contributed by atoms with Crippen LogP contribution in [-0.4, -0.2) is 19.5 Å². The molecule has 0 aromatic rings. The van der Waals surface area contributed by atoms with Crippen LogP contribution in [0.4, 0.5) is 0 Å². The van der Waals surface area contributed by atoms with Gasteiger partial charge in [-0.05, 0) is 27.7 Å². The van der Waals surface area contributed by atoms with Crippen LogP contribution in [0.15, 0.2) is 23.8 Å². The van der Waals surface area contributed by atoms with Crippen molar-refractivity contribution in [2.75, 3.05) is 13.2 Å². The first kappa shape index (κ1) is 13.4. The molecule has 0 rings (SSSR count). The van der Waals surface area contributed by atoms with Crippen LogP contribution in [0.1, 0.15) is 34.1 Å². The zero-order valence-corrected chi connectivity index (χ0v) is 9.80. The normalized spacial score (nSPS) is 12.3. The second-order valence-electron chi connectivity index (χ2n) is 3.66. The van der Waals surface area contributed by atoms with E-state index >= 15 is 0 Å². The molecule has 0 aliphatic rings. The number of hydrogen-bond donors (Lipinski definition) is 0. The molecule has 0 aliphatic carbocycles. The molecule has 2 heteroatoms. The highest BCUT2D eigenvalue weighted by atomic mass is 16.7. The van der Waals surface area contributed by atoms with Crippen molar-refractivity contribution in [3.63, 3.8) is 0 Å². The van der Waals surface area contributed by atoms with Crippen LogP contribution >= 0.6 is 0 Å². The monoisotopic (exact) mass is 198 g/mol. The molecule has 0 aromatic heterocycles. The third-order valence-electron chi connectivity index (χ3n) is 1.64. The van der Waals surface area contributed by atoms with Crippen molar-refractivity contribution >= 4 is 0 Å². The SMILES string of the molecule is C=C(C)CC(OCC)OCC=C(C)C. The van der Waals surface area contributed by atoms with E-state index in [0.717, 1.165) is 12.0 Å². The molecular weight excluding hydrogens is 176 g/mol. The molecule has 0 spiro atoms. The topological polar surface area (TPSA) is 18.5 Å². The molecule has 0 bridgehead atoms. The van der Waals surface area contributed by atoms with Gasteiger partial charge in [-0.2, -0.15) is 0 Å². The van der Waals surface area contributed by atoms with Crippen LogP contribution in [-0.2, 0) is 9.47 Å². The third-order valence-corrected chi connectivity index (χ3v) is 1.64. The quantitative estimate of drug-likeness (QED) is 0.461. The molecule has 0 saturated heterocycles. The summed E-state index contributed by atoms with van der Waals surface area (Å²) in [6.07, 6.45) is 2.67. The Hall–Kier alpha value is -0.600. The molecule has 0 fully saturated rings. The molecule has 1 unspecified atom stereocenters. The molecule has 82 valence electrons. The summed E-state index contributed by atoms with van der Waals surface area (Å²) in [4.78, 5) is 0. The first-order valence-electron chi connectivity index (χ1n) is 5.07. The van der Waals surface area contributed by atoms with Gasteiger partial charge in [0.05, 0.1) is 6.61 Å². The van der Waals surface area contributed by atoms with Crippen molar-refractivity contribution in [2.45, 2.75) is 40.4 Å². The van der Waals surface area contributed by atoms with Crippen LogP contribution in [0.25, 0.3) is 0 Å². The Morgan fingerprint density at radius 1 is 1.29 bits per heavy atom. The predicted octanol–water partition coefficient (Wildman–Crippen LogP) is 3.30. The minimum Gasteiger partial charge on any atom is -0.353 e. The lowest BCUT2D eigenvalue weighted by Gasteiger charge is -2.16. The molecule has 14 heavy (non-hydrogen) atoms. The maximum absolute atomic E-state index is 5.54. The molecule has 0 aromatic carbocycles. The zero-order valence-electron chi connectivity index (χ0n) is 9.80. The van der Waals surface area contributed by atoms with Gasteiger partial charge in [-0.25, -0.2) is 0 Å². The summed E-state index contributed by atoms with van der Waals surface area (Å²) in [7, 11) is 0. The van der Waals surface area contributed by atoms with Crippen LogP contribution in [0.3, 0.4) is 0 Å². The van der Waals surface area contributed by atoms with Crippen molar-refractivity contribution in [3.05, 3.63) is 23.8 Å². The van der Waals surface area contributed by atoms with Crippen molar-refractivity contribution in [2.24, 2.45) is 0 Å². The third kappa shape index (κ3) is 8.02. The fourth-order valence-corrected chi connectivity index (χ4v) is 0.958. The van der Waals surface area contributed by atoms with E-state index in [1.54, 1.807) is 0 Å². The maximum atomic E-state index is 5.54. The Morgan fingerprint density at radius 3 is 2.36 bits per heavy atom. The largest absolute Gasteiger partial charge is 0.353 e. The van der Waals surface area contributed by atoms with Gasteiger partial charge >= 0.3 is 0 Å². The van der Waals surface area contributed by atoms with Gasteiger partial charge in [-0.1, -0.05) is 23.8 Å². The second-order valence-corrected chi connectivity index (χ2v) is 3.66. The Kier molecular flexibility index (Phi) is 7.44. The Labute approximate surface area is 87.6 Å². The van der Waals surface area contributed by atoms with E-state index in [2.05, 4.69) is 20.4 Å². The van der Waals surface area contributed by atoms with Gasteiger partial charge in [-0.15, -0.1) is 0 Å². The van der Waals surface area contributed by atoms with Crippen LogP contribution < -0.4 is 0 Å². The van der Waals surface area contributed by atoms with E-state index in [1.807, 2.05) is 19.9 Å². The first-order chi connectivity index (χ1) is 6.56. The Balaban J connectivity index is 3.84. The van der Waals surface area contributed by atoms with E-state index in [0.29, 0.717) is 13.2 Å². The first-order valence-corrected chi connectivity index (χ1v) is 5.07. The van der Waals surface area contributed by atoms with Gasteiger partial charge in [-0.3, -0.25) is 0 Å². The number of hydrogen-bond acceptors (Lipinski definition) is 2. The highest BCUT2D eigenvalue weighted by Gasteiger charge is 2.07. The zero-order chi connectivity index (χ0) is 11.0. The summed E-state index contributed by atoms with van der Waals surface area (Å²) in [5.41, 5.74) is 2.34. The fourth-order valence-electron chi connectivity index (χ4n) is 0.958. The van der Waals surface area contributed by atoms with Crippen LogP contribution in [0, 0.1) is 0 Å². The van der Waals surface area contributed by atoms with Crippen LogP contribution in [0.2, 0.25) is 0 Å². The van der Waals surface area contributed by atoms with Gasteiger partial charge in [0.25, 0.3) is 0 Å². The number of ether oxygens (including phenoxy) is 2. The molecule has 0 N–H and O–H groups in total. The minimum absolute atomic E-state index is 0.145. The average molecular weight is 198 g/mol. The lowest BCUT2D eigenvalue weighted by Crippen LogP contribution is -2.17. The van der Waals surface area contributed by atoms with E-state index in [9.17, 15) is 0 Å². The summed E-state index contributed by atoms with van der Waals surface area (Å²) in [5, 5.41) is 0. The highest BCUT2D eigenvalue weighted by Crippen LogP contribution is 2.08. The number of allylic oxidation sites excluding steroid dienone is 1. The summed E-state index contributed by atoms with van der Waals surface area (Å²) < 4.78 is 11.0. The molecule has 0 saturated carbocycles. The minimum atomic E-state index is -0.145. The summed E-state index contributed by atoms with van der Waals surface area (Å²) >= 11 is 0. The smallest absolute Gasteiger partial charge is 0.161 e. The fraction of sp³-hybridized carbons (Fsp3) is 0.667. The highest BCUT2D eigenvalue weighted by molar-refractivity contribution is 4.93. The van der Waals surface area contributed by atoms with Crippen molar-refractivity contribution in [3.8, 4) is 0 Å². The van der Waals surface area contributed by atoms with Crippen molar-refractivity contribution in [1.82, 2.24) is 0 Å². The Morgan fingerprint density at radius 2 is 1.93 bits per heavy atom. The summed E-state index contributed by atoms with van der Waals surface area (Å²) in [5.74, 6) is 0. The van der Waals surface area contributed by atoms with Gasteiger partial charge < -0.3 is 9.47 Å². The standard InChI is InChI=1S/C12H22O2/c1-6-13-12(9-11(4)5)14-8-7-10(2)3/h7,12H,4,6,8-9H2,1-3,5H3. The average Bonchev–Trinajstić information content (AvgIpc) is 2.02. The number of rotatable bonds is 7.